The van der Waals surface area contributed by atoms with E-state index in [-0.39, 0.29) is 17.2 Å². The number of alkyl halides is 4. The van der Waals surface area contributed by atoms with Crippen molar-refractivity contribution < 1.29 is 72.7 Å². The van der Waals surface area contributed by atoms with Crippen molar-refractivity contribution in [3.05, 3.63) is 81.4 Å². The van der Waals surface area contributed by atoms with E-state index in [1.807, 2.05) is 0 Å². The second-order valence-corrected chi connectivity index (χ2v) is 11.5. The lowest BCUT2D eigenvalue weighted by Crippen LogP contribution is -2.51. The summed E-state index contributed by atoms with van der Waals surface area (Å²) in [7, 11) is 0. The lowest BCUT2D eigenvalue weighted by Gasteiger charge is -2.30. The van der Waals surface area contributed by atoms with Crippen LogP contribution in [0.3, 0.4) is 0 Å². The van der Waals surface area contributed by atoms with Gasteiger partial charge in [0.1, 0.15) is 48.3 Å². The monoisotopic (exact) mass is 750 g/mol. The summed E-state index contributed by atoms with van der Waals surface area (Å²) in [6, 6.07) is 10.1. The average molecular weight is 751 g/mol. The molecule has 2 aliphatic heterocycles. The van der Waals surface area contributed by atoms with E-state index >= 15 is 0 Å². The Hall–Kier alpha value is -4.43. The third-order valence-electron chi connectivity index (χ3n) is 7.99. The van der Waals surface area contributed by atoms with Gasteiger partial charge in [-0.1, -0.05) is 18.2 Å². The highest BCUT2D eigenvalue weighted by atomic mass is 19.3. The molecule has 0 unspecified atom stereocenters. The first-order valence-electron chi connectivity index (χ1n) is 15.0. The van der Waals surface area contributed by atoms with Gasteiger partial charge in [0.2, 0.25) is 12.5 Å². The van der Waals surface area contributed by atoms with Gasteiger partial charge in [-0.25, -0.2) is 9.59 Å². The number of benzene rings is 1. The lowest BCUT2D eigenvalue weighted by molar-refractivity contribution is -0.233. The molecule has 0 radical (unpaired) electrons. The summed E-state index contributed by atoms with van der Waals surface area (Å²) >= 11 is 0. The minimum absolute atomic E-state index is 0.211. The van der Waals surface area contributed by atoms with Crippen molar-refractivity contribution in [3.8, 4) is 0 Å². The number of carbonyl (C=O) groups is 1. The van der Waals surface area contributed by atoms with Crippen LogP contribution in [0.5, 0.6) is 0 Å². The third kappa shape index (κ3) is 8.12. The lowest BCUT2D eigenvalue weighted by atomic mass is 10.00. The molecule has 52 heavy (non-hydrogen) atoms. The quantitative estimate of drug-likeness (QED) is 0.110. The summed E-state index contributed by atoms with van der Waals surface area (Å²) in [5.74, 6) is -9.39. The van der Waals surface area contributed by atoms with Crippen molar-refractivity contribution in [2.24, 2.45) is 0 Å². The maximum Gasteiger partial charge on any atom is 0.351 e. The first-order valence-corrected chi connectivity index (χ1v) is 15.0. The van der Waals surface area contributed by atoms with Crippen LogP contribution in [0.2, 0.25) is 0 Å². The second kappa shape index (κ2) is 16.1. The van der Waals surface area contributed by atoms with Gasteiger partial charge in [0, 0.05) is 18.0 Å². The van der Waals surface area contributed by atoms with E-state index in [0.29, 0.717) is 9.13 Å². The highest BCUT2D eigenvalue weighted by Crippen LogP contribution is 2.40. The van der Waals surface area contributed by atoms with E-state index in [9.17, 15) is 67.7 Å². The third-order valence-corrected chi connectivity index (χ3v) is 7.99. The number of ether oxygens (including phenoxy) is 2. The van der Waals surface area contributed by atoms with Gasteiger partial charge >= 0.3 is 23.2 Å². The molecule has 23 heteroatoms. The van der Waals surface area contributed by atoms with E-state index in [2.05, 4.69) is 15.3 Å². The summed E-state index contributed by atoms with van der Waals surface area (Å²) in [6.45, 7) is -1.89. The fourth-order valence-electron chi connectivity index (χ4n) is 5.08. The van der Waals surface area contributed by atoms with Crippen molar-refractivity contribution in [2.45, 2.75) is 73.1 Å². The Labute approximate surface area is 288 Å². The zero-order valence-electron chi connectivity index (χ0n) is 26.4. The number of rotatable bonds is 6. The topological polar surface area (TPSA) is 305 Å². The molecule has 0 spiro atoms. The zero-order chi connectivity index (χ0) is 38.7. The zero-order valence-corrected chi connectivity index (χ0v) is 26.4. The van der Waals surface area contributed by atoms with Crippen LogP contribution < -0.4 is 22.4 Å². The van der Waals surface area contributed by atoms with E-state index in [1.54, 1.807) is 18.2 Å². The molecule has 11 N–H and O–H groups in total. The molecule has 5 rings (SSSR count). The second-order valence-electron chi connectivity index (χ2n) is 11.5. The van der Waals surface area contributed by atoms with Gasteiger partial charge in [0.25, 0.3) is 5.91 Å². The first kappa shape index (κ1) is 40.3. The molecular weight excluding hydrogens is 716 g/mol. The smallest absolute Gasteiger partial charge is 0.351 e. The number of nitrogen functional groups attached to an aromatic ring is 1. The molecule has 1 aromatic carbocycles. The Bertz CT molecular complexity index is 1810. The van der Waals surface area contributed by atoms with Gasteiger partial charge < -0.3 is 61.4 Å². The largest absolute Gasteiger partial charge is 0.394 e. The minimum atomic E-state index is -4.23. The summed E-state index contributed by atoms with van der Waals surface area (Å²) in [5.41, 5.74) is 3.09. The number of amides is 1. The molecule has 2 aliphatic rings. The number of aliphatic hydroxyl groups excluding tert-OH is 8. The number of hydrogen-bond acceptors (Lipinski definition) is 16. The van der Waals surface area contributed by atoms with Crippen molar-refractivity contribution >= 4 is 17.5 Å². The fourth-order valence-corrected chi connectivity index (χ4v) is 5.08. The molecule has 286 valence electrons. The van der Waals surface area contributed by atoms with Crippen molar-refractivity contribution in [1.29, 1.82) is 0 Å². The Balaban J connectivity index is 0.000000244. The standard InChI is InChI=1S/C18H19F2N3O7.C11H15F2N3O6/c19-18(20)14(27)13(26)12(25)10(8-24)30-16(18)23-7-6-11(22-17(23)29)21-15(28)9-4-2-1-3-5-9;12-11(13)8(20)7(19)6(18)4(3-17)22-9(11)16-2-1-5(14)15-10(16)21/h1-7,10,12-14,16,24-27H,8H2,(H,21,22,28,29);1-2,4,6-9,17-20H,3H2,(H2,14,15,21)/t10-,12-,13+,14-,16-;4-,6-,7+,8-,9-/m11/s1. The van der Waals surface area contributed by atoms with E-state index in [4.69, 9.17) is 20.3 Å². The maximum absolute atomic E-state index is 14.7. The number of anilines is 2. The molecule has 2 fully saturated rings. The number of nitrogens with one attached hydrogen (secondary N) is 1. The highest BCUT2D eigenvalue weighted by molar-refractivity contribution is 6.03. The number of aliphatic hydroxyl groups is 8. The number of nitrogens with two attached hydrogens (primary N) is 1. The molecule has 10 atom stereocenters. The predicted molar refractivity (Wildman–Crippen MR) is 164 cm³/mol. The first-order chi connectivity index (χ1) is 24.4. The van der Waals surface area contributed by atoms with Crippen LogP contribution in [0.25, 0.3) is 0 Å². The molecule has 3 aromatic rings. The van der Waals surface area contributed by atoms with E-state index in [0.717, 1.165) is 24.5 Å². The van der Waals surface area contributed by atoms with Crippen LogP contribution in [0.4, 0.5) is 29.2 Å². The molecule has 4 heterocycles. The van der Waals surface area contributed by atoms with Crippen molar-refractivity contribution in [3.63, 3.8) is 0 Å². The number of halogens is 4. The predicted octanol–water partition coefficient (Wildman–Crippen LogP) is -3.46. The Morgan fingerprint density at radius 2 is 1.17 bits per heavy atom. The average Bonchev–Trinajstić information content (AvgIpc) is 3.21. The number of nitrogens with zero attached hydrogens (tertiary/aromatic N) is 4. The van der Waals surface area contributed by atoms with Crippen LogP contribution in [-0.4, -0.2) is 140 Å². The molecule has 0 saturated carbocycles. The van der Waals surface area contributed by atoms with Gasteiger partial charge in [-0.2, -0.15) is 27.5 Å². The SMILES string of the molecule is Nc1ccn([C@@H]2O[C@H](CO)[C@@H](O)[C@H](O)[C@@H](O)C2(F)F)c(=O)n1.O=C(Nc1ccn([C@@H]2O[C@H](CO)[C@@H](O)[C@H](O)[C@@H](O)C2(F)F)c(=O)n1)c1ccccc1. The Morgan fingerprint density at radius 3 is 1.60 bits per heavy atom. The number of carbonyl (C=O) groups excluding carboxylic acids is 1. The maximum atomic E-state index is 14.7. The van der Waals surface area contributed by atoms with Gasteiger partial charge in [-0.15, -0.1) is 0 Å². The normalized spacial score (nSPS) is 31.3. The number of hydrogen-bond donors (Lipinski definition) is 10. The van der Waals surface area contributed by atoms with Gasteiger partial charge in [0.15, 0.2) is 12.2 Å². The Morgan fingerprint density at radius 1 is 0.731 bits per heavy atom. The summed E-state index contributed by atoms with van der Waals surface area (Å²) in [4.78, 5) is 42.9. The van der Waals surface area contributed by atoms with E-state index in [1.165, 1.54) is 12.1 Å². The fraction of sp³-hybridized carbons (Fsp3) is 0.483. The summed E-state index contributed by atoms with van der Waals surface area (Å²) in [5, 5.41) is 78.8. The van der Waals surface area contributed by atoms with Crippen LogP contribution in [-0.2, 0) is 9.47 Å². The van der Waals surface area contributed by atoms with E-state index < -0.39 is 104 Å². The molecular formula is C29H34F4N6O13. The van der Waals surface area contributed by atoms with Crippen molar-refractivity contribution in [2.75, 3.05) is 24.3 Å². The van der Waals surface area contributed by atoms with Crippen molar-refractivity contribution in [1.82, 2.24) is 19.1 Å². The Kier molecular flexibility index (Phi) is 12.5. The molecule has 2 aromatic heterocycles. The molecule has 1 amide bonds. The van der Waals surface area contributed by atoms with Crippen LogP contribution in [0, 0.1) is 0 Å². The van der Waals surface area contributed by atoms with Gasteiger partial charge in [-0.3, -0.25) is 13.9 Å². The molecule has 2 saturated heterocycles. The van der Waals surface area contributed by atoms with Crippen LogP contribution in [0.1, 0.15) is 22.8 Å². The number of aromatic nitrogens is 4. The molecule has 19 nitrogen and oxygen atoms in total. The molecule has 0 bridgehead atoms. The highest BCUT2D eigenvalue weighted by Gasteiger charge is 2.59. The minimum Gasteiger partial charge on any atom is -0.394 e. The van der Waals surface area contributed by atoms with Gasteiger partial charge in [0.05, 0.1) is 13.2 Å². The molecule has 0 aliphatic carbocycles. The summed E-state index contributed by atoms with van der Waals surface area (Å²) < 4.78 is 68.4. The van der Waals surface area contributed by atoms with Crippen LogP contribution >= 0.6 is 0 Å². The van der Waals surface area contributed by atoms with Gasteiger partial charge in [-0.05, 0) is 24.3 Å². The van der Waals surface area contributed by atoms with Crippen LogP contribution in [0.15, 0.2) is 64.4 Å². The summed E-state index contributed by atoms with van der Waals surface area (Å²) in [6.07, 6.45) is -20.7.